The number of alkyl halides is 1. The number of carbonyl (C=O) groups is 1. The van der Waals surface area contributed by atoms with Crippen LogP contribution in [0.15, 0.2) is 24.3 Å². The molecule has 1 heterocycles. The van der Waals surface area contributed by atoms with Crippen LogP contribution >= 0.6 is 11.6 Å². The fourth-order valence-corrected chi connectivity index (χ4v) is 2.77. The van der Waals surface area contributed by atoms with Gasteiger partial charge in [-0.3, -0.25) is 4.79 Å². The number of nitrogens with zero attached hydrogens (tertiary/aromatic N) is 1. The van der Waals surface area contributed by atoms with Crippen molar-refractivity contribution in [1.82, 2.24) is 4.90 Å². The normalized spacial score (nSPS) is 17.4. The lowest BCUT2D eigenvalue weighted by molar-refractivity contribution is 0.0845. The highest BCUT2D eigenvalue weighted by Gasteiger charge is 2.25. The van der Waals surface area contributed by atoms with Gasteiger partial charge in [0.1, 0.15) is 5.75 Å². The molecule has 3 nitrogen and oxygen atoms in total. The molecule has 0 spiro atoms. The number of hydrogen-bond acceptors (Lipinski definition) is 3. The van der Waals surface area contributed by atoms with Gasteiger partial charge in [-0.1, -0.05) is 0 Å². The molecule has 0 unspecified atom stereocenters. The lowest BCUT2D eigenvalue weighted by Gasteiger charge is -2.30. The van der Waals surface area contributed by atoms with Crippen LogP contribution in [0, 0.1) is 5.92 Å². The Morgan fingerprint density at radius 3 is 2.47 bits per heavy atom. The van der Waals surface area contributed by atoms with Crippen molar-refractivity contribution in [3.8, 4) is 5.75 Å². The van der Waals surface area contributed by atoms with E-state index in [2.05, 4.69) is 4.90 Å². The second kappa shape index (κ2) is 6.92. The third kappa shape index (κ3) is 3.71. The zero-order valence-electron chi connectivity index (χ0n) is 11.3. The van der Waals surface area contributed by atoms with Gasteiger partial charge < -0.3 is 9.64 Å². The van der Waals surface area contributed by atoms with Gasteiger partial charge in [-0.25, -0.2) is 0 Å². The second-order valence-electron chi connectivity index (χ2n) is 4.90. The van der Waals surface area contributed by atoms with Crippen molar-refractivity contribution in [2.24, 2.45) is 5.92 Å². The number of hydrogen-bond donors (Lipinski definition) is 0. The number of piperidine rings is 1. The second-order valence-corrected chi connectivity index (χ2v) is 5.28. The van der Waals surface area contributed by atoms with Crippen LogP contribution in [0.1, 0.15) is 23.2 Å². The molecule has 4 heteroatoms. The van der Waals surface area contributed by atoms with Gasteiger partial charge in [-0.15, -0.1) is 11.6 Å². The van der Waals surface area contributed by atoms with Crippen molar-refractivity contribution >= 4 is 17.4 Å². The molecule has 0 aromatic heterocycles. The Balaban J connectivity index is 1.93. The Hall–Kier alpha value is -1.06. The maximum absolute atomic E-state index is 12.4. The summed E-state index contributed by atoms with van der Waals surface area (Å²) in [5.41, 5.74) is 0.789. The van der Waals surface area contributed by atoms with Gasteiger partial charge in [0.05, 0.1) is 7.11 Å². The van der Waals surface area contributed by atoms with E-state index in [4.69, 9.17) is 16.3 Å². The maximum atomic E-state index is 12.4. The summed E-state index contributed by atoms with van der Waals surface area (Å²) in [7, 11) is 1.63. The smallest absolute Gasteiger partial charge is 0.166 e. The number of halogens is 1. The van der Waals surface area contributed by atoms with E-state index in [1.54, 1.807) is 7.11 Å². The van der Waals surface area contributed by atoms with Gasteiger partial charge in [-0.2, -0.15) is 0 Å². The van der Waals surface area contributed by atoms with E-state index in [-0.39, 0.29) is 11.7 Å². The number of likely N-dealkylation sites (tertiary alicyclic amines) is 1. The molecule has 104 valence electrons. The van der Waals surface area contributed by atoms with E-state index in [1.165, 1.54) is 0 Å². The minimum absolute atomic E-state index is 0.153. The van der Waals surface area contributed by atoms with Crippen LogP contribution in [-0.4, -0.2) is 43.3 Å². The molecule has 2 rings (SSSR count). The molecule has 1 aromatic carbocycles. The lowest BCUT2D eigenvalue weighted by Crippen LogP contribution is -2.37. The fraction of sp³-hybridized carbons (Fsp3) is 0.533. The zero-order valence-corrected chi connectivity index (χ0v) is 12.0. The minimum atomic E-state index is 0.153. The summed E-state index contributed by atoms with van der Waals surface area (Å²) < 4.78 is 5.10. The summed E-state index contributed by atoms with van der Waals surface area (Å²) in [5.74, 6) is 1.86. The maximum Gasteiger partial charge on any atom is 0.166 e. The Kier molecular flexibility index (Phi) is 5.23. The van der Waals surface area contributed by atoms with Crippen LogP contribution in [0.25, 0.3) is 0 Å². The van der Waals surface area contributed by atoms with Crippen LogP contribution in [0.3, 0.4) is 0 Å². The third-order valence-corrected chi connectivity index (χ3v) is 3.90. The molecule has 0 aliphatic carbocycles. The molecule has 1 saturated heterocycles. The first-order chi connectivity index (χ1) is 9.24. The van der Waals surface area contributed by atoms with Gasteiger partial charge in [0, 0.05) is 23.9 Å². The van der Waals surface area contributed by atoms with Crippen molar-refractivity contribution < 1.29 is 9.53 Å². The summed E-state index contributed by atoms with van der Waals surface area (Å²) in [6, 6.07) is 7.39. The molecule has 1 aliphatic heterocycles. The molecule has 0 amide bonds. The van der Waals surface area contributed by atoms with E-state index in [0.29, 0.717) is 5.88 Å². The highest BCUT2D eigenvalue weighted by molar-refractivity contribution is 6.18. The van der Waals surface area contributed by atoms with E-state index in [0.717, 1.165) is 43.8 Å². The monoisotopic (exact) mass is 281 g/mol. The summed E-state index contributed by atoms with van der Waals surface area (Å²) in [4.78, 5) is 14.7. The fourth-order valence-electron chi connectivity index (χ4n) is 2.53. The summed E-state index contributed by atoms with van der Waals surface area (Å²) >= 11 is 5.74. The van der Waals surface area contributed by atoms with Crippen molar-refractivity contribution in [3.63, 3.8) is 0 Å². The zero-order chi connectivity index (χ0) is 13.7. The molecule has 1 aromatic rings. The van der Waals surface area contributed by atoms with Crippen molar-refractivity contribution in [3.05, 3.63) is 29.8 Å². The number of ketones is 1. The van der Waals surface area contributed by atoms with E-state index in [1.807, 2.05) is 24.3 Å². The average Bonchev–Trinajstić information content (AvgIpc) is 2.48. The van der Waals surface area contributed by atoms with Gasteiger partial charge in [0.2, 0.25) is 0 Å². The molecule has 0 N–H and O–H groups in total. The molecule has 1 aliphatic rings. The quantitative estimate of drug-likeness (QED) is 0.614. The predicted molar refractivity (Wildman–Crippen MR) is 77.2 cm³/mol. The van der Waals surface area contributed by atoms with Gasteiger partial charge in [0.15, 0.2) is 5.78 Å². The van der Waals surface area contributed by atoms with Crippen molar-refractivity contribution in [2.75, 3.05) is 32.6 Å². The SMILES string of the molecule is COc1ccc(C(=O)C2CCN(CCCl)CC2)cc1. The number of ether oxygens (including phenoxy) is 1. The minimum Gasteiger partial charge on any atom is -0.497 e. The van der Waals surface area contributed by atoms with Crippen LogP contribution in [0.2, 0.25) is 0 Å². The van der Waals surface area contributed by atoms with Gasteiger partial charge in [-0.05, 0) is 50.2 Å². The third-order valence-electron chi connectivity index (χ3n) is 3.73. The Morgan fingerprint density at radius 2 is 1.95 bits per heavy atom. The Morgan fingerprint density at radius 1 is 1.32 bits per heavy atom. The summed E-state index contributed by atoms with van der Waals surface area (Å²) in [6.07, 6.45) is 1.86. The largest absolute Gasteiger partial charge is 0.497 e. The molecule has 0 atom stereocenters. The first-order valence-electron chi connectivity index (χ1n) is 6.71. The number of Topliss-reactive ketones (excluding diaryl/α,β-unsaturated/α-hetero) is 1. The van der Waals surface area contributed by atoms with Gasteiger partial charge >= 0.3 is 0 Å². The summed E-state index contributed by atoms with van der Waals surface area (Å²) in [5, 5.41) is 0. The first kappa shape index (κ1) is 14.4. The molecule has 0 bridgehead atoms. The Labute approximate surface area is 119 Å². The standard InChI is InChI=1S/C15H20ClNO2/c1-19-14-4-2-12(3-5-14)15(18)13-6-9-17(10-7-13)11-8-16/h2-5,13H,6-11H2,1H3. The van der Waals surface area contributed by atoms with E-state index < -0.39 is 0 Å². The summed E-state index contributed by atoms with van der Waals surface area (Å²) in [6.45, 7) is 2.86. The highest BCUT2D eigenvalue weighted by Crippen LogP contribution is 2.22. The van der Waals surface area contributed by atoms with Crippen LogP contribution in [-0.2, 0) is 0 Å². The topological polar surface area (TPSA) is 29.5 Å². The van der Waals surface area contributed by atoms with E-state index >= 15 is 0 Å². The van der Waals surface area contributed by atoms with Crippen LogP contribution in [0.5, 0.6) is 5.75 Å². The van der Waals surface area contributed by atoms with E-state index in [9.17, 15) is 4.79 Å². The van der Waals surface area contributed by atoms with Crippen LogP contribution < -0.4 is 4.74 Å². The van der Waals surface area contributed by atoms with Crippen LogP contribution in [0.4, 0.5) is 0 Å². The first-order valence-corrected chi connectivity index (χ1v) is 7.24. The molecule has 19 heavy (non-hydrogen) atoms. The van der Waals surface area contributed by atoms with Gasteiger partial charge in [0.25, 0.3) is 0 Å². The molecule has 0 saturated carbocycles. The number of carbonyl (C=O) groups excluding carboxylic acids is 1. The lowest BCUT2D eigenvalue weighted by atomic mass is 9.89. The number of benzene rings is 1. The van der Waals surface area contributed by atoms with Crippen molar-refractivity contribution in [1.29, 1.82) is 0 Å². The highest BCUT2D eigenvalue weighted by atomic mass is 35.5. The van der Waals surface area contributed by atoms with Crippen molar-refractivity contribution in [2.45, 2.75) is 12.8 Å². The molecular formula is C15H20ClNO2. The molecule has 1 fully saturated rings. The molecular weight excluding hydrogens is 262 g/mol. The molecule has 0 radical (unpaired) electrons. The number of methoxy groups -OCH3 is 1. The Bertz CT molecular complexity index is 411. The number of rotatable bonds is 5. The average molecular weight is 282 g/mol. The predicted octanol–water partition coefficient (Wildman–Crippen LogP) is 2.83.